The summed E-state index contributed by atoms with van der Waals surface area (Å²) in [5.41, 5.74) is 3.68. The van der Waals surface area contributed by atoms with Crippen LogP contribution in [0.5, 0.6) is 23.0 Å². The van der Waals surface area contributed by atoms with Gasteiger partial charge < -0.3 is 24.2 Å². The van der Waals surface area contributed by atoms with E-state index in [1.165, 1.54) is 18.6 Å². The van der Waals surface area contributed by atoms with Crippen LogP contribution in [0.1, 0.15) is 55.5 Å². The first-order chi connectivity index (χ1) is 19.1. The molecule has 2 aliphatic heterocycles. The number of hydrogen-bond donors (Lipinski definition) is 3. The number of benzene rings is 3. The lowest BCUT2D eigenvalue weighted by molar-refractivity contribution is 0.169. The number of nitrogens with zero attached hydrogens (tertiary/aromatic N) is 1. The van der Waals surface area contributed by atoms with Crippen LogP contribution in [0.3, 0.4) is 0 Å². The van der Waals surface area contributed by atoms with Crippen molar-refractivity contribution in [1.82, 2.24) is 4.90 Å². The third-order valence-electron chi connectivity index (χ3n) is 7.80. The summed E-state index contributed by atoms with van der Waals surface area (Å²) in [4.78, 5) is 2.46. The maximum atomic E-state index is 11.7. The van der Waals surface area contributed by atoms with Gasteiger partial charge in [0.05, 0.1) is 5.75 Å². The number of rotatable bonds is 8. The summed E-state index contributed by atoms with van der Waals surface area (Å²) in [5, 5.41) is 21.3. The number of fused-ring (bicyclic) bond motifs is 1. The quantitative estimate of drug-likeness (QED) is 0.255. The van der Waals surface area contributed by atoms with E-state index in [0.717, 1.165) is 35.9 Å². The van der Waals surface area contributed by atoms with Crippen molar-refractivity contribution in [3.05, 3.63) is 81.9 Å². The van der Waals surface area contributed by atoms with E-state index in [0.29, 0.717) is 45.7 Å². The monoisotopic (exact) mass is 583 g/mol. The van der Waals surface area contributed by atoms with Crippen LogP contribution in [0.15, 0.2) is 54.6 Å². The highest BCUT2D eigenvalue weighted by atomic mass is 35.5. The molecule has 0 saturated carbocycles. The molecule has 9 heteroatoms. The average Bonchev–Trinajstić information content (AvgIpc) is 3.36. The van der Waals surface area contributed by atoms with E-state index in [-0.39, 0.29) is 17.3 Å². The Morgan fingerprint density at radius 2 is 1.90 bits per heavy atom. The smallest absolute Gasteiger partial charge is 0.157 e. The van der Waals surface area contributed by atoms with Crippen LogP contribution in [-0.2, 0) is 16.8 Å². The fraction of sp³-hybridized carbons (Fsp3) is 0.355. The minimum Gasteiger partial charge on any atom is -0.508 e. The van der Waals surface area contributed by atoms with Crippen LogP contribution in [0.25, 0.3) is 11.1 Å². The Kier molecular flexibility index (Phi) is 8.42. The molecule has 0 aromatic heterocycles. The number of halogens is 1. The van der Waals surface area contributed by atoms with E-state index >= 15 is 0 Å². The van der Waals surface area contributed by atoms with E-state index in [9.17, 15) is 19.0 Å². The maximum absolute atomic E-state index is 11.7. The third kappa shape index (κ3) is 5.86. The van der Waals surface area contributed by atoms with E-state index in [1.807, 2.05) is 31.2 Å². The second-order valence-corrected chi connectivity index (χ2v) is 12.1. The van der Waals surface area contributed by atoms with Crippen molar-refractivity contribution in [2.75, 3.05) is 19.7 Å². The average molecular weight is 584 g/mol. The molecule has 212 valence electrons. The maximum Gasteiger partial charge on any atom is 0.157 e. The second-order valence-electron chi connectivity index (χ2n) is 10.7. The highest BCUT2D eigenvalue weighted by Gasteiger charge is 2.33. The predicted molar refractivity (Wildman–Crippen MR) is 158 cm³/mol. The zero-order chi connectivity index (χ0) is 28.6. The van der Waals surface area contributed by atoms with Crippen molar-refractivity contribution < 1.29 is 28.4 Å². The molecule has 1 fully saturated rings. The van der Waals surface area contributed by atoms with Crippen molar-refractivity contribution >= 4 is 33.8 Å². The Bertz CT molecular complexity index is 1460. The molecule has 5 rings (SSSR count). The lowest BCUT2D eigenvalue weighted by atomic mass is 9.84. The van der Waals surface area contributed by atoms with E-state index < -0.39 is 17.2 Å². The molecule has 2 aliphatic rings. The highest BCUT2D eigenvalue weighted by Crippen LogP contribution is 2.51. The molecule has 0 amide bonds. The standard InChI is InChI=1S/C31H34ClNO6S/c1-18-12-13-33(15-18)19(2)16-38-23-7-4-21(5-8-23)31-30(24-14-22(34)6-9-26(24)32)20(3)29-25(17-40(36)37)27(35)10-11-28(29)39-31/h4-11,14,18-19,31,34-35H,12-13,15-17H2,1-3H3,(H,36,37)/t18-,19+,31?/m1/s1. The van der Waals surface area contributed by atoms with Gasteiger partial charge in [-0.2, -0.15) is 0 Å². The van der Waals surface area contributed by atoms with Gasteiger partial charge in [-0.3, -0.25) is 4.90 Å². The molecule has 0 radical (unpaired) electrons. The highest BCUT2D eigenvalue weighted by molar-refractivity contribution is 7.78. The third-order valence-corrected chi connectivity index (χ3v) is 8.66. The zero-order valence-electron chi connectivity index (χ0n) is 22.8. The van der Waals surface area contributed by atoms with Crippen LogP contribution in [0.4, 0.5) is 0 Å². The minimum atomic E-state index is -2.18. The van der Waals surface area contributed by atoms with Crippen molar-refractivity contribution in [2.24, 2.45) is 5.92 Å². The van der Waals surface area contributed by atoms with Gasteiger partial charge in [0.25, 0.3) is 0 Å². The summed E-state index contributed by atoms with van der Waals surface area (Å²) in [6.45, 7) is 9.14. The van der Waals surface area contributed by atoms with Crippen LogP contribution >= 0.6 is 11.6 Å². The van der Waals surface area contributed by atoms with Crippen LogP contribution in [0.2, 0.25) is 5.02 Å². The molecular weight excluding hydrogens is 550 g/mol. The summed E-state index contributed by atoms with van der Waals surface area (Å²) >= 11 is 4.45. The van der Waals surface area contributed by atoms with Crippen LogP contribution < -0.4 is 9.47 Å². The normalized spacial score (nSPS) is 20.6. The van der Waals surface area contributed by atoms with Gasteiger partial charge in [-0.1, -0.05) is 30.7 Å². The topological polar surface area (TPSA) is 99.5 Å². The molecule has 3 N–H and O–H groups in total. The number of hydrogen-bond acceptors (Lipinski definition) is 6. The van der Waals surface area contributed by atoms with Gasteiger partial charge in [0.15, 0.2) is 11.1 Å². The summed E-state index contributed by atoms with van der Waals surface area (Å²) in [7, 11) is 0. The molecule has 3 aromatic carbocycles. The Morgan fingerprint density at radius 3 is 2.58 bits per heavy atom. The van der Waals surface area contributed by atoms with Gasteiger partial charge in [0, 0.05) is 39.9 Å². The van der Waals surface area contributed by atoms with Crippen molar-refractivity contribution in [1.29, 1.82) is 0 Å². The van der Waals surface area contributed by atoms with Crippen LogP contribution in [-0.4, -0.2) is 49.6 Å². The Morgan fingerprint density at radius 1 is 1.15 bits per heavy atom. The number of phenols is 2. The van der Waals surface area contributed by atoms with Gasteiger partial charge in [0.1, 0.15) is 35.7 Å². The van der Waals surface area contributed by atoms with E-state index in [1.54, 1.807) is 18.2 Å². The fourth-order valence-corrected chi connectivity index (χ4v) is 6.40. The summed E-state index contributed by atoms with van der Waals surface area (Å²) in [6, 6.07) is 15.9. The van der Waals surface area contributed by atoms with Gasteiger partial charge in [-0.15, -0.1) is 0 Å². The lowest BCUT2D eigenvalue weighted by Crippen LogP contribution is -2.35. The molecule has 7 nitrogen and oxygen atoms in total. The molecule has 0 aliphatic carbocycles. The van der Waals surface area contributed by atoms with Gasteiger partial charge in [-0.25, -0.2) is 4.21 Å². The Hall–Kier alpha value is -3.04. The molecule has 2 heterocycles. The molecule has 0 spiro atoms. The fourth-order valence-electron chi connectivity index (χ4n) is 5.64. The number of aromatic hydroxyl groups is 2. The number of phenolic OH excluding ortho intramolecular Hbond substituents is 2. The predicted octanol–water partition coefficient (Wildman–Crippen LogP) is 6.65. The number of likely N-dealkylation sites (tertiary alicyclic amines) is 1. The Balaban J connectivity index is 1.50. The zero-order valence-corrected chi connectivity index (χ0v) is 24.3. The molecule has 3 aromatic rings. The molecule has 1 saturated heterocycles. The number of allylic oxidation sites excluding steroid dienone is 1. The largest absolute Gasteiger partial charge is 0.508 e. The van der Waals surface area contributed by atoms with E-state index in [2.05, 4.69) is 18.7 Å². The summed E-state index contributed by atoms with van der Waals surface area (Å²) in [5.74, 6) is 1.65. The molecule has 40 heavy (non-hydrogen) atoms. The summed E-state index contributed by atoms with van der Waals surface area (Å²) in [6.07, 6.45) is 0.629. The Labute approximate surface area is 242 Å². The molecule has 2 unspecified atom stereocenters. The van der Waals surface area contributed by atoms with Crippen molar-refractivity contribution in [2.45, 2.75) is 45.1 Å². The van der Waals surface area contributed by atoms with E-state index in [4.69, 9.17) is 21.1 Å². The second kappa shape index (κ2) is 11.8. The van der Waals surface area contributed by atoms with Crippen molar-refractivity contribution in [3.63, 3.8) is 0 Å². The van der Waals surface area contributed by atoms with Gasteiger partial charge >= 0.3 is 0 Å². The van der Waals surface area contributed by atoms with Gasteiger partial charge in [0.2, 0.25) is 0 Å². The molecular formula is C31H34ClNO6S. The SMILES string of the molecule is CC1=C(c2cc(O)ccc2Cl)C(c2ccc(OC[C@H](C)N3CC[C@@H](C)C3)cc2)Oc2ccc(O)c(CS(=O)O)c21. The first-order valence-electron chi connectivity index (χ1n) is 13.4. The molecule has 0 bridgehead atoms. The summed E-state index contributed by atoms with van der Waals surface area (Å²) < 4.78 is 34.0. The van der Waals surface area contributed by atoms with Crippen molar-refractivity contribution in [3.8, 4) is 23.0 Å². The van der Waals surface area contributed by atoms with Gasteiger partial charge in [-0.05, 0) is 86.3 Å². The number of ether oxygens (including phenoxy) is 2. The first-order valence-corrected chi connectivity index (χ1v) is 15.0. The lowest BCUT2D eigenvalue weighted by Gasteiger charge is -2.33. The molecule has 4 atom stereocenters. The minimum absolute atomic E-state index is 0.0436. The van der Waals surface area contributed by atoms with Crippen LogP contribution in [0, 0.1) is 5.92 Å². The first kappa shape index (κ1) is 28.5.